The maximum atomic E-state index is 12.7. The number of ether oxygens (including phenoxy) is 1. The predicted molar refractivity (Wildman–Crippen MR) is 62.9 cm³/mol. The molecular formula is C10H7F5INO2. The molecule has 19 heavy (non-hydrogen) atoms. The van der Waals surface area contributed by atoms with Crippen LogP contribution in [0.3, 0.4) is 0 Å². The summed E-state index contributed by atoms with van der Waals surface area (Å²) < 4.78 is 67.3. The first kappa shape index (κ1) is 16.1. The van der Waals surface area contributed by atoms with E-state index in [1.807, 2.05) is 0 Å². The molecule has 0 atom stereocenters. The zero-order chi connectivity index (χ0) is 14.8. The van der Waals surface area contributed by atoms with Crippen molar-refractivity contribution >= 4 is 28.6 Å². The number of esters is 1. The molecule has 1 aromatic heterocycles. The maximum Gasteiger partial charge on any atom is 0.417 e. The fourth-order valence-corrected chi connectivity index (χ4v) is 2.06. The highest BCUT2D eigenvalue weighted by Gasteiger charge is 2.38. The van der Waals surface area contributed by atoms with E-state index in [1.165, 1.54) is 29.5 Å². The first-order valence-electron chi connectivity index (χ1n) is 4.91. The molecule has 0 amide bonds. The lowest BCUT2D eigenvalue weighted by atomic mass is 10.1. The average Bonchev–Trinajstić information content (AvgIpc) is 2.26. The molecule has 0 saturated carbocycles. The van der Waals surface area contributed by atoms with Gasteiger partial charge in [0, 0.05) is 0 Å². The van der Waals surface area contributed by atoms with Gasteiger partial charge in [0.15, 0.2) is 0 Å². The maximum absolute atomic E-state index is 12.7. The van der Waals surface area contributed by atoms with Crippen LogP contribution in [0.15, 0.2) is 6.07 Å². The molecule has 0 unspecified atom stereocenters. The van der Waals surface area contributed by atoms with Crippen molar-refractivity contribution in [1.82, 2.24) is 4.98 Å². The third-order valence-electron chi connectivity index (χ3n) is 2.02. The third-order valence-corrected chi connectivity index (χ3v) is 2.84. The Morgan fingerprint density at radius 3 is 2.47 bits per heavy atom. The zero-order valence-corrected chi connectivity index (χ0v) is 11.6. The summed E-state index contributed by atoms with van der Waals surface area (Å²) in [5.74, 6) is -1.09. The standard InChI is InChI=1S/C10H7F5INO2/c1-2-19-9(18)5-3-4(10(13,14)15)6(7(11)12)8(16)17-5/h3,7H,2H2,1H3. The second-order valence-electron chi connectivity index (χ2n) is 3.28. The lowest BCUT2D eigenvalue weighted by Crippen LogP contribution is -2.16. The van der Waals surface area contributed by atoms with Crippen LogP contribution in [0.25, 0.3) is 0 Å². The van der Waals surface area contributed by atoms with E-state index in [0.29, 0.717) is 0 Å². The molecule has 0 fully saturated rings. The Morgan fingerprint density at radius 2 is 2.05 bits per heavy atom. The van der Waals surface area contributed by atoms with E-state index in [0.717, 1.165) is 0 Å². The Kier molecular flexibility index (Phi) is 5.04. The Balaban J connectivity index is 3.44. The smallest absolute Gasteiger partial charge is 0.417 e. The van der Waals surface area contributed by atoms with E-state index >= 15 is 0 Å². The number of aromatic nitrogens is 1. The Labute approximate surface area is 118 Å². The minimum Gasteiger partial charge on any atom is -0.461 e. The number of alkyl halides is 5. The largest absolute Gasteiger partial charge is 0.461 e. The van der Waals surface area contributed by atoms with Gasteiger partial charge < -0.3 is 4.74 Å². The number of pyridine rings is 1. The van der Waals surface area contributed by atoms with Gasteiger partial charge in [-0.2, -0.15) is 13.2 Å². The number of hydrogen-bond donors (Lipinski definition) is 0. The monoisotopic (exact) mass is 395 g/mol. The summed E-state index contributed by atoms with van der Waals surface area (Å²) in [5.41, 5.74) is -3.46. The van der Waals surface area contributed by atoms with E-state index in [9.17, 15) is 26.7 Å². The summed E-state index contributed by atoms with van der Waals surface area (Å²) >= 11 is 1.23. The number of carbonyl (C=O) groups excluding carboxylic acids is 1. The molecule has 0 saturated heterocycles. The summed E-state index contributed by atoms with van der Waals surface area (Å²) in [7, 11) is 0. The zero-order valence-electron chi connectivity index (χ0n) is 9.39. The van der Waals surface area contributed by atoms with Crippen molar-refractivity contribution in [2.24, 2.45) is 0 Å². The Hall–Kier alpha value is -1.00. The highest BCUT2D eigenvalue weighted by Crippen LogP contribution is 2.38. The summed E-state index contributed by atoms with van der Waals surface area (Å²) in [6, 6.07) is 0.279. The van der Waals surface area contributed by atoms with Gasteiger partial charge in [-0.1, -0.05) is 0 Å². The van der Waals surface area contributed by atoms with E-state index in [2.05, 4.69) is 9.72 Å². The van der Waals surface area contributed by atoms with Crippen LogP contribution in [0.4, 0.5) is 22.0 Å². The molecule has 106 valence electrons. The minimum absolute atomic E-state index is 0.0605. The molecule has 9 heteroatoms. The molecule has 1 heterocycles. The highest BCUT2D eigenvalue weighted by atomic mass is 127. The van der Waals surface area contributed by atoms with Crippen LogP contribution in [0.5, 0.6) is 0 Å². The summed E-state index contributed by atoms with van der Waals surface area (Å²) in [4.78, 5) is 14.7. The van der Waals surface area contributed by atoms with E-state index < -0.39 is 39.1 Å². The predicted octanol–water partition coefficient (Wildman–Crippen LogP) is 3.82. The van der Waals surface area contributed by atoms with Crippen LogP contribution in [-0.2, 0) is 10.9 Å². The van der Waals surface area contributed by atoms with Crippen LogP contribution < -0.4 is 0 Å². The molecule has 0 aliphatic carbocycles. The van der Waals surface area contributed by atoms with Crippen molar-refractivity contribution in [2.45, 2.75) is 19.5 Å². The van der Waals surface area contributed by atoms with Crippen LogP contribution >= 0.6 is 22.6 Å². The fourth-order valence-electron chi connectivity index (χ4n) is 1.28. The lowest BCUT2D eigenvalue weighted by Gasteiger charge is -2.14. The highest BCUT2D eigenvalue weighted by molar-refractivity contribution is 14.1. The summed E-state index contributed by atoms with van der Waals surface area (Å²) in [6.45, 7) is 1.40. The van der Waals surface area contributed by atoms with Crippen LogP contribution in [0.2, 0.25) is 0 Å². The number of rotatable bonds is 3. The molecule has 0 aromatic carbocycles. The molecule has 0 bridgehead atoms. The normalized spacial score (nSPS) is 11.8. The fraction of sp³-hybridized carbons (Fsp3) is 0.400. The van der Waals surface area contributed by atoms with Gasteiger partial charge >= 0.3 is 12.1 Å². The molecule has 0 aliphatic heterocycles. The van der Waals surface area contributed by atoms with Gasteiger partial charge in [0.05, 0.1) is 17.7 Å². The molecule has 1 aromatic rings. The molecule has 3 nitrogen and oxygen atoms in total. The van der Waals surface area contributed by atoms with Gasteiger partial charge in [0.25, 0.3) is 6.43 Å². The number of hydrogen-bond acceptors (Lipinski definition) is 3. The molecular weight excluding hydrogens is 388 g/mol. The topological polar surface area (TPSA) is 39.2 Å². The van der Waals surface area contributed by atoms with Crippen molar-refractivity contribution < 1.29 is 31.5 Å². The van der Waals surface area contributed by atoms with E-state index in [1.54, 1.807) is 0 Å². The van der Waals surface area contributed by atoms with Gasteiger partial charge in [-0.3, -0.25) is 0 Å². The molecule has 0 radical (unpaired) electrons. The second kappa shape index (κ2) is 5.97. The van der Waals surface area contributed by atoms with Gasteiger partial charge in [0.1, 0.15) is 9.39 Å². The first-order valence-corrected chi connectivity index (χ1v) is 5.99. The second-order valence-corrected chi connectivity index (χ2v) is 4.30. The van der Waals surface area contributed by atoms with Gasteiger partial charge in [-0.15, -0.1) is 0 Å². The van der Waals surface area contributed by atoms with Crippen molar-refractivity contribution in [3.8, 4) is 0 Å². The number of halogens is 6. The van der Waals surface area contributed by atoms with Crippen LogP contribution in [0, 0.1) is 3.70 Å². The van der Waals surface area contributed by atoms with Crippen molar-refractivity contribution in [3.05, 3.63) is 26.6 Å². The van der Waals surface area contributed by atoms with Crippen LogP contribution in [-0.4, -0.2) is 17.6 Å². The Morgan fingerprint density at radius 1 is 1.47 bits per heavy atom. The minimum atomic E-state index is -5.00. The van der Waals surface area contributed by atoms with Crippen molar-refractivity contribution in [1.29, 1.82) is 0 Å². The number of carbonyl (C=O) groups is 1. The summed E-state index contributed by atoms with van der Waals surface area (Å²) in [6.07, 6.45) is -8.34. The average molecular weight is 395 g/mol. The number of nitrogens with zero attached hydrogens (tertiary/aromatic N) is 1. The third kappa shape index (κ3) is 3.74. The van der Waals surface area contributed by atoms with Crippen molar-refractivity contribution in [3.63, 3.8) is 0 Å². The molecule has 0 N–H and O–H groups in total. The summed E-state index contributed by atoms with van der Waals surface area (Å²) in [5, 5.41) is 0. The van der Waals surface area contributed by atoms with Crippen LogP contribution in [0.1, 0.15) is 35.0 Å². The van der Waals surface area contributed by atoms with E-state index in [4.69, 9.17) is 0 Å². The van der Waals surface area contributed by atoms with Crippen molar-refractivity contribution in [2.75, 3.05) is 6.61 Å². The molecule has 0 spiro atoms. The molecule has 0 aliphatic rings. The lowest BCUT2D eigenvalue weighted by molar-refractivity contribution is -0.139. The van der Waals surface area contributed by atoms with E-state index in [-0.39, 0.29) is 12.7 Å². The quantitative estimate of drug-likeness (QED) is 0.338. The van der Waals surface area contributed by atoms with Gasteiger partial charge in [-0.25, -0.2) is 18.6 Å². The molecule has 1 rings (SSSR count). The van der Waals surface area contributed by atoms with Gasteiger partial charge in [-0.05, 0) is 35.6 Å². The Bertz CT molecular complexity index is 490. The van der Waals surface area contributed by atoms with Gasteiger partial charge in [0.2, 0.25) is 0 Å². The first-order chi connectivity index (χ1) is 8.68. The SMILES string of the molecule is CCOC(=O)c1cc(C(F)(F)F)c(C(F)F)c(I)n1.